The zero-order chi connectivity index (χ0) is 13.5. The first-order chi connectivity index (χ1) is 9.86. The van der Waals surface area contributed by atoms with Gasteiger partial charge in [0.1, 0.15) is 0 Å². The van der Waals surface area contributed by atoms with Crippen molar-refractivity contribution in [3.63, 3.8) is 0 Å². The minimum absolute atomic E-state index is 0. The Balaban J connectivity index is 0.00000132. The van der Waals surface area contributed by atoms with Crippen LogP contribution in [0.1, 0.15) is 49.4 Å². The molecule has 2 aromatic rings. The van der Waals surface area contributed by atoms with Crippen molar-refractivity contribution in [2.24, 2.45) is 0 Å². The van der Waals surface area contributed by atoms with E-state index in [9.17, 15) is 0 Å². The molecule has 4 rings (SSSR count). The molecule has 0 aliphatic carbocycles. The molecular weight excluding hydrogens is 280 g/mol. The molecule has 1 fully saturated rings. The van der Waals surface area contributed by atoms with Crippen molar-refractivity contribution < 1.29 is 0 Å². The van der Waals surface area contributed by atoms with Gasteiger partial charge in [0, 0.05) is 23.1 Å². The quantitative estimate of drug-likeness (QED) is 0.742. The predicted molar refractivity (Wildman–Crippen MR) is 91.3 cm³/mol. The molecule has 3 heterocycles. The number of rotatable bonds is 1. The Morgan fingerprint density at radius 3 is 2.52 bits per heavy atom. The molecule has 0 bridgehead atoms. The van der Waals surface area contributed by atoms with E-state index < -0.39 is 0 Å². The number of likely N-dealkylation sites (tertiary alicyclic amines) is 1. The monoisotopic (exact) mass is 304 g/mol. The van der Waals surface area contributed by atoms with Crippen LogP contribution >= 0.6 is 12.4 Å². The molecule has 0 saturated carbocycles. The van der Waals surface area contributed by atoms with E-state index in [4.69, 9.17) is 0 Å². The summed E-state index contributed by atoms with van der Waals surface area (Å²) in [6.07, 6.45) is 6.86. The van der Waals surface area contributed by atoms with Gasteiger partial charge in [-0.05, 0) is 57.3 Å². The molecule has 0 spiro atoms. The Morgan fingerprint density at radius 2 is 1.71 bits per heavy atom. The summed E-state index contributed by atoms with van der Waals surface area (Å²) in [5.74, 6) is 0. The fraction of sp³-hybridized carbons (Fsp3) is 0.556. The minimum atomic E-state index is 0. The van der Waals surface area contributed by atoms with Gasteiger partial charge in [0.15, 0.2) is 0 Å². The second kappa shape index (κ2) is 6.02. The summed E-state index contributed by atoms with van der Waals surface area (Å²) in [5, 5.41) is 1.46. The lowest BCUT2D eigenvalue weighted by Crippen LogP contribution is -2.36. The van der Waals surface area contributed by atoms with E-state index in [0.29, 0.717) is 6.04 Å². The van der Waals surface area contributed by atoms with Crippen molar-refractivity contribution in [2.45, 2.75) is 51.6 Å². The summed E-state index contributed by atoms with van der Waals surface area (Å²) in [6, 6.07) is 9.61. The van der Waals surface area contributed by atoms with E-state index in [1.54, 1.807) is 5.69 Å². The summed E-state index contributed by atoms with van der Waals surface area (Å²) < 4.78 is 2.60. The van der Waals surface area contributed by atoms with Crippen LogP contribution in [0, 0.1) is 6.92 Å². The zero-order valence-electron chi connectivity index (χ0n) is 12.8. The van der Waals surface area contributed by atoms with Gasteiger partial charge in [-0.15, -0.1) is 12.4 Å². The van der Waals surface area contributed by atoms with Crippen LogP contribution in [0.3, 0.4) is 0 Å². The van der Waals surface area contributed by atoms with Crippen molar-refractivity contribution in [1.29, 1.82) is 0 Å². The number of aryl methyl sites for hydroxylation is 2. The molecule has 0 N–H and O–H groups in total. The molecule has 2 nitrogen and oxygen atoms in total. The summed E-state index contributed by atoms with van der Waals surface area (Å²) in [4.78, 5) is 2.75. The van der Waals surface area contributed by atoms with Crippen LogP contribution in [0.2, 0.25) is 0 Å². The van der Waals surface area contributed by atoms with Crippen LogP contribution in [0.25, 0.3) is 10.9 Å². The highest BCUT2D eigenvalue weighted by Gasteiger charge is 2.30. The number of fused-ring (bicyclic) bond motifs is 3. The first kappa shape index (κ1) is 14.9. The third-order valence-corrected chi connectivity index (χ3v) is 5.28. The van der Waals surface area contributed by atoms with Gasteiger partial charge in [0.05, 0.1) is 6.04 Å². The summed E-state index contributed by atoms with van der Waals surface area (Å²) in [7, 11) is 0. The topological polar surface area (TPSA) is 8.17 Å². The van der Waals surface area contributed by atoms with Crippen molar-refractivity contribution >= 4 is 23.3 Å². The number of para-hydroxylation sites is 1. The maximum atomic E-state index is 2.75. The van der Waals surface area contributed by atoms with Gasteiger partial charge >= 0.3 is 0 Å². The van der Waals surface area contributed by atoms with Gasteiger partial charge in [-0.2, -0.15) is 0 Å². The van der Waals surface area contributed by atoms with E-state index >= 15 is 0 Å². The first-order valence-corrected chi connectivity index (χ1v) is 8.18. The predicted octanol–water partition coefficient (Wildman–Crippen LogP) is 4.69. The van der Waals surface area contributed by atoms with E-state index in [-0.39, 0.29) is 12.4 Å². The molecule has 114 valence electrons. The average molecular weight is 305 g/mol. The Kier molecular flexibility index (Phi) is 4.28. The maximum absolute atomic E-state index is 2.75. The number of hydrogen-bond acceptors (Lipinski definition) is 1. The third kappa shape index (κ3) is 2.39. The van der Waals surface area contributed by atoms with Crippen LogP contribution in [-0.2, 0) is 6.54 Å². The molecule has 21 heavy (non-hydrogen) atoms. The van der Waals surface area contributed by atoms with Gasteiger partial charge in [0.2, 0.25) is 0 Å². The summed E-state index contributed by atoms with van der Waals surface area (Å²) >= 11 is 0. The van der Waals surface area contributed by atoms with Crippen LogP contribution in [0.5, 0.6) is 0 Å². The highest BCUT2D eigenvalue weighted by Crippen LogP contribution is 2.39. The molecule has 1 atom stereocenters. The molecule has 0 radical (unpaired) electrons. The van der Waals surface area contributed by atoms with Crippen molar-refractivity contribution in [2.75, 3.05) is 13.1 Å². The Hall–Kier alpha value is -0.990. The molecule has 1 aromatic carbocycles. The third-order valence-electron chi connectivity index (χ3n) is 5.28. The van der Waals surface area contributed by atoms with Gasteiger partial charge in [-0.25, -0.2) is 0 Å². The Bertz CT molecular complexity index is 625. The fourth-order valence-electron chi connectivity index (χ4n) is 4.33. The number of nitrogens with zero attached hydrogens (tertiary/aromatic N) is 2. The SMILES string of the molecule is Cc1c2n(c3ccccc13)CCCC2N1CCCCC1.Cl. The lowest BCUT2D eigenvalue weighted by atomic mass is 9.96. The molecule has 2 aliphatic rings. The minimum Gasteiger partial charge on any atom is -0.343 e. The molecule has 2 aliphatic heterocycles. The van der Waals surface area contributed by atoms with Crippen molar-refractivity contribution in [1.82, 2.24) is 9.47 Å². The molecule has 1 aromatic heterocycles. The number of hydrogen-bond donors (Lipinski definition) is 0. The fourth-order valence-corrected chi connectivity index (χ4v) is 4.33. The number of halogens is 1. The Labute approximate surface area is 133 Å². The van der Waals surface area contributed by atoms with E-state index in [1.165, 1.54) is 68.2 Å². The number of benzene rings is 1. The second-order valence-corrected chi connectivity index (χ2v) is 6.43. The highest BCUT2D eigenvalue weighted by molar-refractivity contribution is 5.86. The van der Waals surface area contributed by atoms with Gasteiger partial charge < -0.3 is 4.57 Å². The molecule has 1 unspecified atom stereocenters. The lowest BCUT2D eigenvalue weighted by molar-refractivity contribution is 0.137. The molecular formula is C18H25ClN2. The average Bonchev–Trinajstić information content (AvgIpc) is 2.82. The van der Waals surface area contributed by atoms with Crippen molar-refractivity contribution in [3.8, 4) is 0 Å². The molecule has 1 saturated heterocycles. The second-order valence-electron chi connectivity index (χ2n) is 6.43. The van der Waals surface area contributed by atoms with Crippen LogP contribution < -0.4 is 0 Å². The van der Waals surface area contributed by atoms with Crippen LogP contribution in [0.15, 0.2) is 24.3 Å². The van der Waals surface area contributed by atoms with Crippen LogP contribution in [-0.4, -0.2) is 22.6 Å². The first-order valence-electron chi connectivity index (χ1n) is 8.18. The lowest BCUT2D eigenvalue weighted by Gasteiger charge is -2.38. The van der Waals surface area contributed by atoms with Gasteiger partial charge in [-0.3, -0.25) is 4.90 Å². The number of piperidine rings is 1. The highest BCUT2D eigenvalue weighted by atomic mass is 35.5. The van der Waals surface area contributed by atoms with Crippen LogP contribution in [0.4, 0.5) is 0 Å². The summed E-state index contributed by atoms with van der Waals surface area (Å²) in [5.41, 5.74) is 4.58. The van der Waals surface area contributed by atoms with Crippen molar-refractivity contribution in [3.05, 3.63) is 35.5 Å². The normalized spacial score (nSPS) is 22.8. The van der Waals surface area contributed by atoms with Gasteiger partial charge in [0.25, 0.3) is 0 Å². The standard InChI is InChI=1S/C18H24N2.ClH/c1-14-15-8-3-4-9-16(15)20-13-7-10-17(18(14)20)19-11-5-2-6-12-19;/h3-4,8-9,17H,2,5-7,10-13H2,1H3;1H. The maximum Gasteiger partial charge on any atom is 0.0504 e. The van der Waals surface area contributed by atoms with E-state index in [0.717, 1.165) is 0 Å². The van der Waals surface area contributed by atoms with E-state index in [2.05, 4.69) is 40.7 Å². The van der Waals surface area contributed by atoms with E-state index in [1.807, 2.05) is 0 Å². The Morgan fingerprint density at radius 1 is 0.952 bits per heavy atom. The molecule has 0 amide bonds. The summed E-state index contributed by atoms with van der Waals surface area (Å²) in [6.45, 7) is 6.13. The smallest absolute Gasteiger partial charge is 0.0504 e. The zero-order valence-corrected chi connectivity index (χ0v) is 13.7. The van der Waals surface area contributed by atoms with Gasteiger partial charge in [-0.1, -0.05) is 24.6 Å². The number of aromatic nitrogens is 1. The molecule has 3 heteroatoms. The largest absolute Gasteiger partial charge is 0.343 e.